The van der Waals surface area contributed by atoms with Gasteiger partial charge in [0.25, 0.3) is 0 Å². The van der Waals surface area contributed by atoms with Crippen LogP contribution in [0.4, 0.5) is 0 Å². The molecule has 0 rings (SSSR count). The van der Waals surface area contributed by atoms with Crippen LogP contribution in [0.2, 0.25) is 0 Å². The highest BCUT2D eigenvalue weighted by Crippen LogP contribution is 2.15. The summed E-state index contributed by atoms with van der Waals surface area (Å²) in [5.74, 6) is 0. The summed E-state index contributed by atoms with van der Waals surface area (Å²) < 4.78 is 0. The van der Waals surface area contributed by atoms with Gasteiger partial charge in [-0.3, -0.25) is 4.99 Å². The van der Waals surface area contributed by atoms with Gasteiger partial charge in [-0.15, -0.1) is 0 Å². The number of hydrogen-bond donors (Lipinski definition) is 0. The van der Waals surface area contributed by atoms with E-state index in [9.17, 15) is 0 Å². The molecule has 0 spiro atoms. The van der Waals surface area contributed by atoms with Crippen molar-refractivity contribution in [3.63, 3.8) is 0 Å². The molecule has 0 amide bonds. The molecule has 62 valence electrons. The van der Waals surface area contributed by atoms with E-state index in [4.69, 9.17) is 0 Å². The fourth-order valence-electron chi connectivity index (χ4n) is 0.811. The van der Waals surface area contributed by atoms with Gasteiger partial charge in [0, 0.05) is 11.9 Å². The van der Waals surface area contributed by atoms with Gasteiger partial charge >= 0.3 is 0 Å². The van der Waals surface area contributed by atoms with Gasteiger partial charge in [-0.25, -0.2) is 0 Å². The number of hydrogen-bond acceptors (Lipinski definition) is 1. The van der Waals surface area contributed by atoms with Gasteiger partial charge in [0.1, 0.15) is 0 Å². The molecule has 0 aliphatic rings. The van der Waals surface area contributed by atoms with Crippen LogP contribution in [0.25, 0.3) is 0 Å². The smallest absolute Gasteiger partial charge is 0.0400 e. The molecule has 0 saturated carbocycles. The maximum absolute atomic E-state index is 4.19. The molecule has 1 nitrogen and oxygen atoms in total. The van der Waals surface area contributed by atoms with Crippen LogP contribution in [0.5, 0.6) is 0 Å². The zero-order chi connectivity index (χ0) is 8.85. The minimum atomic E-state index is 1.00. The average Bonchev–Trinajstić information content (AvgIpc) is 2.02. The lowest BCUT2D eigenvalue weighted by Crippen LogP contribution is -1.85. The predicted molar refractivity (Wildman–Crippen MR) is 52.0 cm³/mol. The van der Waals surface area contributed by atoms with Crippen LogP contribution in [0.3, 0.4) is 0 Å². The van der Waals surface area contributed by atoms with Gasteiger partial charge in [-0.05, 0) is 32.8 Å². The zero-order valence-electron chi connectivity index (χ0n) is 7.94. The molecular weight excluding hydrogens is 134 g/mol. The van der Waals surface area contributed by atoms with E-state index in [2.05, 4.69) is 25.4 Å². The third-order valence-electron chi connectivity index (χ3n) is 1.82. The Morgan fingerprint density at radius 3 is 2.36 bits per heavy atom. The van der Waals surface area contributed by atoms with E-state index in [1.807, 2.05) is 20.1 Å². The van der Waals surface area contributed by atoms with Gasteiger partial charge in [0.15, 0.2) is 0 Å². The van der Waals surface area contributed by atoms with Crippen molar-refractivity contribution in [3.8, 4) is 0 Å². The summed E-state index contributed by atoms with van der Waals surface area (Å²) in [6.45, 7) is 12.0. The lowest BCUT2D eigenvalue weighted by Gasteiger charge is -2.03. The second kappa shape index (κ2) is 4.89. The normalized spacial score (nSPS) is 13.5. The van der Waals surface area contributed by atoms with Crippen LogP contribution in [0.15, 0.2) is 28.4 Å². The molecule has 0 aliphatic carbocycles. The van der Waals surface area contributed by atoms with Gasteiger partial charge in [0.2, 0.25) is 0 Å². The molecule has 0 atom stereocenters. The summed E-state index contributed by atoms with van der Waals surface area (Å²) in [5, 5.41) is 0. The molecule has 0 saturated heterocycles. The lowest BCUT2D eigenvalue weighted by molar-refractivity contribution is 1.08. The molecule has 0 unspecified atom stereocenters. The Balaban J connectivity index is 4.51. The highest BCUT2D eigenvalue weighted by atomic mass is 14.7. The zero-order valence-corrected chi connectivity index (χ0v) is 7.94. The first-order chi connectivity index (χ1) is 5.13. The molecule has 0 heterocycles. The van der Waals surface area contributed by atoms with Crippen LogP contribution < -0.4 is 0 Å². The molecule has 0 aliphatic heterocycles. The van der Waals surface area contributed by atoms with Crippen molar-refractivity contribution >= 4 is 6.21 Å². The van der Waals surface area contributed by atoms with E-state index < -0.39 is 0 Å². The Morgan fingerprint density at radius 1 is 1.45 bits per heavy atom. The summed E-state index contributed by atoms with van der Waals surface area (Å²) in [6, 6.07) is 0. The highest BCUT2D eigenvalue weighted by Gasteiger charge is 1.96. The Kier molecular flexibility index (Phi) is 4.51. The first-order valence-corrected chi connectivity index (χ1v) is 3.97. The van der Waals surface area contributed by atoms with E-state index in [1.165, 1.54) is 11.1 Å². The fourth-order valence-corrected chi connectivity index (χ4v) is 0.811. The van der Waals surface area contributed by atoms with Gasteiger partial charge in [-0.1, -0.05) is 19.1 Å². The van der Waals surface area contributed by atoms with Crippen molar-refractivity contribution in [3.05, 3.63) is 23.4 Å². The Labute approximate surface area is 69.5 Å². The summed E-state index contributed by atoms with van der Waals surface area (Å²) in [5.41, 5.74) is 3.46. The van der Waals surface area contributed by atoms with Gasteiger partial charge < -0.3 is 0 Å². The van der Waals surface area contributed by atoms with Crippen molar-refractivity contribution in [1.29, 1.82) is 0 Å². The van der Waals surface area contributed by atoms with E-state index in [0.717, 1.165) is 12.1 Å². The number of nitrogens with zero attached hydrogens (tertiary/aromatic N) is 1. The van der Waals surface area contributed by atoms with E-state index >= 15 is 0 Å². The molecular formula is C10H17N. The third-order valence-corrected chi connectivity index (χ3v) is 1.82. The molecule has 0 fully saturated rings. The first kappa shape index (κ1) is 10.2. The third kappa shape index (κ3) is 3.17. The first-order valence-electron chi connectivity index (χ1n) is 3.97. The van der Waals surface area contributed by atoms with Crippen LogP contribution >= 0.6 is 0 Å². The quantitative estimate of drug-likeness (QED) is 0.433. The predicted octanol–water partition coefficient (Wildman–Crippen LogP) is 3.34. The molecule has 0 bridgehead atoms. The van der Waals surface area contributed by atoms with Crippen molar-refractivity contribution in [1.82, 2.24) is 0 Å². The topological polar surface area (TPSA) is 12.4 Å². The Bertz CT molecular complexity index is 197. The number of aliphatic imine (C=N–C) groups is 1. The molecule has 0 aromatic rings. The maximum Gasteiger partial charge on any atom is 0.0400 e. The minimum Gasteiger partial charge on any atom is -0.266 e. The molecule has 0 aromatic carbocycles. The minimum absolute atomic E-state index is 1.00. The summed E-state index contributed by atoms with van der Waals surface area (Å²) in [6.07, 6.45) is 2.81. The van der Waals surface area contributed by atoms with Crippen molar-refractivity contribution in [2.45, 2.75) is 34.1 Å². The van der Waals surface area contributed by atoms with Crippen molar-refractivity contribution in [2.75, 3.05) is 0 Å². The largest absolute Gasteiger partial charge is 0.266 e. The molecule has 0 N–H and O–H groups in total. The molecule has 0 aromatic heterocycles. The van der Waals surface area contributed by atoms with E-state index in [0.29, 0.717) is 0 Å². The van der Waals surface area contributed by atoms with Crippen LogP contribution in [0.1, 0.15) is 34.1 Å². The van der Waals surface area contributed by atoms with E-state index in [1.54, 1.807) is 0 Å². The molecule has 0 radical (unpaired) electrons. The maximum atomic E-state index is 4.19. The lowest BCUT2D eigenvalue weighted by atomic mass is 10.1. The molecule has 11 heavy (non-hydrogen) atoms. The SMILES string of the molecule is C=C(CC)/C(C)=C(C)\N=C/C. The number of rotatable bonds is 3. The average molecular weight is 151 g/mol. The van der Waals surface area contributed by atoms with Crippen LogP contribution in [-0.4, -0.2) is 6.21 Å². The van der Waals surface area contributed by atoms with Gasteiger partial charge in [-0.2, -0.15) is 0 Å². The molecule has 1 heteroatoms. The summed E-state index contributed by atoms with van der Waals surface area (Å²) in [4.78, 5) is 4.19. The number of allylic oxidation sites excluding steroid dienone is 3. The Morgan fingerprint density at radius 2 is 2.00 bits per heavy atom. The van der Waals surface area contributed by atoms with E-state index in [-0.39, 0.29) is 0 Å². The summed E-state index contributed by atoms with van der Waals surface area (Å²) >= 11 is 0. The Hall–Kier alpha value is -0.850. The highest BCUT2D eigenvalue weighted by molar-refractivity contribution is 5.55. The van der Waals surface area contributed by atoms with Gasteiger partial charge in [0.05, 0.1) is 0 Å². The van der Waals surface area contributed by atoms with Crippen molar-refractivity contribution in [2.24, 2.45) is 4.99 Å². The van der Waals surface area contributed by atoms with Crippen molar-refractivity contribution < 1.29 is 0 Å². The summed E-state index contributed by atoms with van der Waals surface area (Å²) in [7, 11) is 0. The monoisotopic (exact) mass is 151 g/mol. The standard InChI is InChI=1S/C10H17N/c1-6-8(3)9(4)10(5)11-7-2/h7H,3,6H2,1-2,4-5H3/b10-9-,11-7-. The van der Waals surface area contributed by atoms with Crippen LogP contribution in [0, 0.1) is 0 Å². The second-order valence-electron chi connectivity index (χ2n) is 2.55. The second-order valence-corrected chi connectivity index (χ2v) is 2.55. The fraction of sp³-hybridized carbons (Fsp3) is 0.500. The van der Waals surface area contributed by atoms with Crippen LogP contribution in [-0.2, 0) is 0 Å².